The molecule has 0 atom stereocenters. The third-order valence-electron chi connectivity index (χ3n) is 2.73. The number of carbonyl (C=O) groups excluding carboxylic acids is 1. The van der Waals surface area contributed by atoms with Crippen molar-refractivity contribution in [2.45, 2.75) is 6.92 Å². The molecule has 2 rings (SSSR count). The van der Waals surface area contributed by atoms with Gasteiger partial charge in [-0.3, -0.25) is 4.79 Å². The molecular formula is C12H15N3O2S. The number of hydrogen-bond donors (Lipinski definition) is 1. The number of thiocarbonyl (C=S) groups is 1. The summed E-state index contributed by atoms with van der Waals surface area (Å²) in [6.07, 6.45) is 1.64. The first kappa shape index (κ1) is 12.9. The summed E-state index contributed by atoms with van der Waals surface area (Å²) in [4.78, 5) is 18.2. The van der Waals surface area contributed by atoms with Gasteiger partial charge in [-0.1, -0.05) is 18.3 Å². The predicted octanol–water partition coefficient (Wildman–Crippen LogP) is 0.988. The third-order valence-corrected chi connectivity index (χ3v) is 3.18. The van der Waals surface area contributed by atoms with E-state index in [1.54, 1.807) is 6.20 Å². The van der Waals surface area contributed by atoms with Crippen LogP contribution in [-0.2, 0) is 9.53 Å². The maximum atomic E-state index is 12.0. The summed E-state index contributed by atoms with van der Waals surface area (Å²) in [5.74, 6) is 0.270. The van der Waals surface area contributed by atoms with Gasteiger partial charge >= 0.3 is 0 Å². The van der Waals surface area contributed by atoms with Gasteiger partial charge in [-0.15, -0.1) is 0 Å². The van der Waals surface area contributed by atoms with Crippen molar-refractivity contribution in [1.82, 2.24) is 9.88 Å². The molecule has 0 bridgehead atoms. The summed E-state index contributed by atoms with van der Waals surface area (Å²) < 4.78 is 5.22. The second-order valence-corrected chi connectivity index (χ2v) is 4.41. The Hall–Kier alpha value is -1.53. The van der Waals surface area contributed by atoms with Crippen molar-refractivity contribution < 1.29 is 9.53 Å². The van der Waals surface area contributed by atoms with Crippen LogP contribution in [0, 0.1) is 6.92 Å². The fraction of sp³-hybridized carbons (Fsp3) is 0.417. The summed E-state index contributed by atoms with van der Waals surface area (Å²) in [5, 5.41) is 2.73. The van der Waals surface area contributed by atoms with Gasteiger partial charge in [-0.2, -0.15) is 0 Å². The minimum Gasteiger partial charge on any atom is -0.378 e. The number of ether oxygens (including phenoxy) is 1. The highest BCUT2D eigenvalue weighted by atomic mass is 32.1. The molecule has 0 aromatic carbocycles. The average molecular weight is 265 g/mol. The van der Waals surface area contributed by atoms with Gasteiger partial charge in [-0.05, 0) is 18.6 Å². The minimum absolute atomic E-state index is 0.284. The van der Waals surface area contributed by atoms with Crippen molar-refractivity contribution in [3.05, 3.63) is 23.9 Å². The lowest BCUT2D eigenvalue weighted by molar-refractivity contribution is -0.111. The smallest absolute Gasteiger partial charge is 0.284 e. The number of carbonyl (C=O) groups is 1. The average Bonchev–Trinajstić information content (AvgIpc) is 2.41. The molecule has 1 aromatic heterocycles. The molecule has 1 aliphatic heterocycles. The van der Waals surface area contributed by atoms with Crippen molar-refractivity contribution >= 4 is 28.9 Å². The van der Waals surface area contributed by atoms with Crippen molar-refractivity contribution in [1.29, 1.82) is 0 Å². The number of nitrogens with one attached hydrogen (secondary N) is 1. The number of aryl methyl sites for hydroxylation is 1. The van der Waals surface area contributed by atoms with Gasteiger partial charge < -0.3 is 15.0 Å². The molecular weight excluding hydrogens is 250 g/mol. The zero-order valence-corrected chi connectivity index (χ0v) is 11.0. The molecule has 96 valence electrons. The lowest BCUT2D eigenvalue weighted by Gasteiger charge is -2.28. The number of rotatable bonds is 1. The van der Waals surface area contributed by atoms with Gasteiger partial charge in [0.15, 0.2) is 4.99 Å². The Morgan fingerprint density at radius 1 is 1.50 bits per heavy atom. The first-order valence-corrected chi connectivity index (χ1v) is 6.19. The Kier molecular flexibility index (Phi) is 4.22. The highest BCUT2D eigenvalue weighted by molar-refractivity contribution is 7.82. The molecule has 1 saturated heterocycles. The minimum atomic E-state index is -0.284. The summed E-state index contributed by atoms with van der Waals surface area (Å²) >= 11 is 5.17. The second-order valence-electron chi connectivity index (χ2n) is 4.03. The van der Waals surface area contributed by atoms with E-state index in [0.717, 1.165) is 5.56 Å². The van der Waals surface area contributed by atoms with Crippen LogP contribution in [0.25, 0.3) is 0 Å². The Morgan fingerprint density at radius 3 is 2.89 bits per heavy atom. The number of aromatic nitrogens is 1. The maximum absolute atomic E-state index is 12.0. The zero-order chi connectivity index (χ0) is 13.0. The second kappa shape index (κ2) is 5.88. The van der Waals surface area contributed by atoms with Gasteiger partial charge in [0.25, 0.3) is 5.91 Å². The van der Waals surface area contributed by atoms with Crippen molar-refractivity contribution in [3.63, 3.8) is 0 Å². The standard InChI is InChI=1S/C12H15N3O2S/c1-9-3-2-4-13-10(9)14-11(16)12(18)15-5-7-17-8-6-15/h2-4H,5-8H2,1H3,(H,13,14,16). The molecule has 5 nitrogen and oxygen atoms in total. The van der Waals surface area contributed by atoms with Gasteiger partial charge in [0.05, 0.1) is 13.2 Å². The van der Waals surface area contributed by atoms with Gasteiger partial charge in [0.2, 0.25) is 0 Å². The van der Waals surface area contributed by atoms with E-state index in [0.29, 0.717) is 37.1 Å². The Labute approximate surface area is 111 Å². The number of pyridine rings is 1. The predicted molar refractivity (Wildman–Crippen MR) is 72.6 cm³/mol. The Bertz CT molecular complexity index is 458. The summed E-state index contributed by atoms with van der Waals surface area (Å²) in [7, 11) is 0. The normalized spacial score (nSPS) is 15.3. The number of hydrogen-bond acceptors (Lipinski definition) is 4. The van der Waals surface area contributed by atoms with E-state index in [1.165, 1.54) is 0 Å². The van der Waals surface area contributed by atoms with E-state index in [4.69, 9.17) is 17.0 Å². The Morgan fingerprint density at radius 2 is 2.22 bits per heavy atom. The topological polar surface area (TPSA) is 54.5 Å². The van der Waals surface area contributed by atoms with E-state index < -0.39 is 0 Å². The van der Waals surface area contributed by atoms with E-state index in [-0.39, 0.29) is 5.91 Å². The number of nitrogens with zero attached hydrogens (tertiary/aromatic N) is 2. The van der Waals surface area contributed by atoms with Crippen LogP contribution in [0.3, 0.4) is 0 Å². The number of anilines is 1. The fourth-order valence-corrected chi connectivity index (χ4v) is 1.92. The largest absolute Gasteiger partial charge is 0.378 e. The molecule has 1 fully saturated rings. The number of morpholine rings is 1. The molecule has 0 unspecified atom stereocenters. The first-order chi connectivity index (χ1) is 8.68. The van der Waals surface area contributed by atoms with E-state index >= 15 is 0 Å². The summed E-state index contributed by atoms with van der Waals surface area (Å²) in [5.41, 5.74) is 0.913. The molecule has 1 amide bonds. The molecule has 18 heavy (non-hydrogen) atoms. The summed E-state index contributed by atoms with van der Waals surface area (Å²) in [6, 6.07) is 3.71. The van der Waals surface area contributed by atoms with Crippen LogP contribution >= 0.6 is 12.2 Å². The summed E-state index contributed by atoms with van der Waals surface area (Å²) in [6.45, 7) is 4.42. The molecule has 0 radical (unpaired) electrons. The molecule has 2 heterocycles. The molecule has 0 spiro atoms. The lowest BCUT2D eigenvalue weighted by atomic mass is 10.3. The van der Waals surface area contributed by atoms with Crippen LogP contribution in [-0.4, -0.2) is 47.1 Å². The van der Waals surface area contributed by atoms with E-state index in [1.807, 2.05) is 24.0 Å². The molecule has 6 heteroatoms. The highest BCUT2D eigenvalue weighted by Crippen LogP contribution is 2.10. The fourth-order valence-electron chi connectivity index (χ4n) is 1.69. The van der Waals surface area contributed by atoms with Crippen LogP contribution in [0.4, 0.5) is 5.82 Å². The quantitative estimate of drug-likeness (QED) is 0.767. The molecule has 1 aromatic rings. The maximum Gasteiger partial charge on any atom is 0.284 e. The van der Waals surface area contributed by atoms with E-state index in [2.05, 4.69) is 10.3 Å². The van der Waals surface area contributed by atoms with Crippen LogP contribution in [0.15, 0.2) is 18.3 Å². The van der Waals surface area contributed by atoms with Crippen molar-refractivity contribution in [2.24, 2.45) is 0 Å². The van der Waals surface area contributed by atoms with Crippen LogP contribution in [0.5, 0.6) is 0 Å². The van der Waals surface area contributed by atoms with Crippen molar-refractivity contribution in [3.8, 4) is 0 Å². The molecule has 1 aliphatic rings. The van der Waals surface area contributed by atoms with Crippen LogP contribution < -0.4 is 5.32 Å². The highest BCUT2D eigenvalue weighted by Gasteiger charge is 2.20. The third kappa shape index (κ3) is 3.02. The Balaban J connectivity index is 1.99. The van der Waals surface area contributed by atoms with Gasteiger partial charge in [-0.25, -0.2) is 4.98 Å². The zero-order valence-electron chi connectivity index (χ0n) is 10.2. The SMILES string of the molecule is Cc1cccnc1NC(=O)C(=S)N1CCOCC1. The molecule has 1 N–H and O–H groups in total. The van der Waals surface area contributed by atoms with Gasteiger partial charge in [0, 0.05) is 19.3 Å². The molecule has 0 saturated carbocycles. The van der Waals surface area contributed by atoms with Crippen LogP contribution in [0.2, 0.25) is 0 Å². The van der Waals surface area contributed by atoms with Crippen molar-refractivity contribution in [2.75, 3.05) is 31.6 Å². The first-order valence-electron chi connectivity index (χ1n) is 5.78. The molecule has 0 aliphatic carbocycles. The monoisotopic (exact) mass is 265 g/mol. The lowest BCUT2D eigenvalue weighted by Crippen LogP contribution is -2.45. The van der Waals surface area contributed by atoms with E-state index in [9.17, 15) is 4.79 Å². The number of amides is 1. The van der Waals surface area contributed by atoms with Gasteiger partial charge in [0.1, 0.15) is 5.82 Å². The van der Waals surface area contributed by atoms with Crippen LogP contribution in [0.1, 0.15) is 5.56 Å².